The SMILES string of the molecule is CCC1(CC)CSC(Nc2ccc(OC)cc2)=N1. The minimum Gasteiger partial charge on any atom is -0.497 e. The van der Waals surface area contributed by atoms with Gasteiger partial charge in [-0.15, -0.1) is 0 Å². The Hall–Kier alpha value is -1.16. The van der Waals surface area contributed by atoms with Crippen molar-refractivity contribution in [3.8, 4) is 5.75 Å². The van der Waals surface area contributed by atoms with E-state index in [4.69, 9.17) is 9.73 Å². The van der Waals surface area contributed by atoms with E-state index in [1.165, 1.54) is 0 Å². The first-order valence-electron chi connectivity index (χ1n) is 6.35. The van der Waals surface area contributed by atoms with Crippen LogP contribution in [0, 0.1) is 0 Å². The van der Waals surface area contributed by atoms with Crippen molar-refractivity contribution in [2.45, 2.75) is 32.2 Å². The van der Waals surface area contributed by atoms with Crippen LogP contribution in [-0.2, 0) is 0 Å². The monoisotopic (exact) mass is 264 g/mol. The third-order valence-corrected chi connectivity index (χ3v) is 4.62. The van der Waals surface area contributed by atoms with Gasteiger partial charge in [0.15, 0.2) is 5.17 Å². The first kappa shape index (κ1) is 13.3. The smallest absolute Gasteiger partial charge is 0.161 e. The van der Waals surface area contributed by atoms with Gasteiger partial charge in [0, 0.05) is 11.4 Å². The number of amidine groups is 1. The van der Waals surface area contributed by atoms with Crippen LogP contribution < -0.4 is 10.1 Å². The lowest BCUT2D eigenvalue weighted by Crippen LogP contribution is -2.24. The Labute approximate surface area is 113 Å². The molecule has 0 saturated heterocycles. The summed E-state index contributed by atoms with van der Waals surface area (Å²) in [5.74, 6) is 1.96. The zero-order valence-electron chi connectivity index (χ0n) is 11.2. The molecule has 1 aliphatic heterocycles. The van der Waals surface area contributed by atoms with E-state index >= 15 is 0 Å². The van der Waals surface area contributed by atoms with Gasteiger partial charge in [-0.1, -0.05) is 25.6 Å². The van der Waals surface area contributed by atoms with Gasteiger partial charge in [0.1, 0.15) is 5.75 Å². The molecule has 3 nitrogen and oxygen atoms in total. The van der Waals surface area contributed by atoms with Crippen molar-refractivity contribution < 1.29 is 4.74 Å². The highest BCUT2D eigenvalue weighted by molar-refractivity contribution is 8.14. The maximum atomic E-state index is 5.14. The van der Waals surface area contributed by atoms with Gasteiger partial charge in [-0.3, -0.25) is 4.99 Å². The van der Waals surface area contributed by atoms with Crippen molar-refractivity contribution >= 4 is 22.6 Å². The molecule has 1 aromatic carbocycles. The van der Waals surface area contributed by atoms with Gasteiger partial charge in [-0.2, -0.15) is 0 Å². The Morgan fingerprint density at radius 2 is 1.94 bits per heavy atom. The normalized spacial score (nSPS) is 17.4. The topological polar surface area (TPSA) is 33.6 Å². The van der Waals surface area contributed by atoms with Crippen LogP contribution in [0.5, 0.6) is 5.75 Å². The molecule has 0 spiro atoms. The molecule has 0 amide bonds. The molecule has 0 unspecified atom stereocenters. The van der Waals surface area contributed by atoms with E-state index in [0.717, 1.165) is 35.2 Å². The van der Waals surface area contributed by atoms with Gasteiger partial charge < -0.3 is 10.1 Å². The largest absolute Gasteiger partial charge is 0.497 e. The molecule has 1 aromatic rings. The fraction of sp³-hybridized carbons (Fsp3) is 0.500. The Morgan fingerprint density at radius 3 is 2.44 bits per heavy atom. The summed E-state index contributed by atoms with van der Waals surface area (Å²) in [5.41, 5.74) is 1.20. The van der Waals surface area contributed by atoms with Gasteiger partial charge in [-0.05, 0) is 37.1 Å². The Balaban J connectivity index is 2.05. The number of ether oxygens (including phenoxy) is 1. The molecular weight excluding hydrogens is 244 g/mol. The number of benzene rings is 1. The van der Waals surface area contributed by atoms with Gasteiger partial charge in [0.2, 0.25) is 0 Å². The molecule has 0 radical (unpaired) electrons. The number of aliphatic imine (C=N–C) groups is 1. The van der Waals surface area contributed by atoms with Crippen molar-refractivity contribution in [2.24, 2.45) is 4.99 Å². The van der Waals surface area contributed by atoms with Gasteiger partial charge >= 0.3 is 0 Å². The predicted octanol–water partition coefficient (Wildman–Crippen LogP) is 3.77. The molecule has 4 heteroatoms. The Morgan fingerprint density at radius 1 is 1.28 bits per heavy atom. The third-order valence-electron chi connectivity index (χ3n) is 3.47. The molecule has 98 valence electrons. The number of nitrogens with one attached hydrogen (secondary N) is 1. The molecule has 0 bridgehead atoms. The second-order valence-electron chi connectivity index (χ2n) is 4.49. The molecule has 0 saturated carbocycles. The Kier molecular flexibility index (Phi) is 4.17. The first-order valence-corrected chi connectivity index (χ1v) is 7.33. The molecule has 0 aromatic heterocycles. The summed E-state index contributed by atoms with van der Waals surface area (Å²) < 4.78 is 5.14. The highest BCUT2D eigenvalue weighted by Gasteiger charge is 2.31. The molecule has 0 atom stereocenters. The standard InChI is InChI=1S/C14H20N2OS/c1-4-14(5-2)10-18-13(16-14)15-11-6-8-12(17-3)9-7-11/h6-9H,4-5,10H2,1-3H3,(H,15,16). The highest BCUT2D eigenvalue weighted by atomic mass is 32.2. The van der Waals surface area contributed by atoms with E-state index in [1.54, 1.807) is 7.11 Å². The minimum absolute atomic E-state index is 0.138. The third kappa shape index (κ3) is 2.80. The summed E-state index contributed by atoms with van der Waals surface area (Å²) in [6.07, 6.45) is 2.20. The second-order valence-corrected chi connectivity index (χ2v) is 5.45. The van der Waals surface area contributed by atoms with Crippen molar-refractivity contribution in [3.63, 3.8) is 0 Å². The van der Waals surface area contributed by atoms with E-state index in [0.29, 0.717) is 0 Å². The lowest BCUT2D eigenvalue weighted by Gasteiger charge is -2.20. The quantitative estimate of drug-likeness (QED) is 0.898. The van der Waals surface area contributed by atoms with E-state index in [-0.39, 0.29) is 5.54 Å². The minimum atomic E-state index is 0.138. The zero-order chi connectivity index (χ0) is 13.0. The zero-order valence-corrected chi connectivity index (χ0v) is 12.0. The summed E-state index contributed by atoms with van der Waals surface area (Å²) in [6.45, 7) is 4.42. The average molecular weight is 264 g/mol. The van der Waals surface area contributed by atoms with E-state index in [1.807, 2.05) is 36.0 Å². The maximum Gasteiger partial charge on any atom is 0.161 e. The lowest BCUT2D eigenvalue weighted by atomic mass is 9.97. The fourth-order valence-corrected chi connectivity index (χ4v) is 3.28. The number of methoxy groups -OCH3 is 1. The molecule has 1 heterocycles. The van der Waals surface area contributed by atoms with Crippen molar-refractivity contribution in [1.29, 1.82) is 0 Å². The van der Waals surface area contributed by atoms with E-state index in [2.05, 4.69) is 19.2 Å². The number of anilines is 1. The van der Waals surface area contributed by atoms with Crippen LogP contribution in [0.4, 0.5) is 5.69 Å². The molecule has 18 heavy (non-hydrogen) atoms. The predicted molar refractivity (Wildman–Crippen MR) is 79.8 cm³/mol. The average Bonchev–Trinajstić information content (AvgIpc) is 2.84. The van der Waals surface area contributed by atoms with Crippen LogP contribution in [0.2, 0.25) is 0 Å². The summed E-state index contributed by atoms with van der Waals surface area (Å²) in [6, 6.07) is 7.93. The number of hydrogen-bond acceptors (Lipinski definition) is 4. The molecule has 1 aliphatic rings. The van der Waals surface area contributed by atoms with Crippen molar-refractivity contribution in [2.75, 3.05) is 18.2 Å². The van der Waals surface area contributed by atoms with E-state index < -0.39 is 0 Å². The summed E-state index contributed by atoms with van der Waals surface area (Å²) in [7, 11) is 1.68. The number of rotatable bonds is 4. The van der Waals surface area contributed by atoms with Crippen LogP contribution in [0.25, 0.3) is 0 Å². The van der Waals surface area contributed by atoms with Crippen molar-refractivity contribution in [3.05, 3.63) is 24.3 Å². The fourth-order valence-electron chi connectivity index (χ4n) is 1.96. The van der Waals surface area contributed by atoms with Crippen LogP contribution in [0.3, 0.4) is 0 Å². The molecular formula is C14H20N2OS. The van der Waals surface area contributed by atoms with Crippen molar-refractivity contribution in [1.82, 2.24) is 0 Å². The van der Waals surface area contributed by atoms with Gasteiger partial charge in [0.05, 0.1) is 12.6 Å². The molecule has 0 aliphatic carbocycles. The van der Waals surface area contributed by atoms with Crippen LogP contribution >= 0.6 is 11.8 Å². The van der Waals surface area contributed by atoms with E-state index in [9.17, 15) is 0 Å². The highest BCUT2D eigenvalue weighted by Crippen LogP contribution is 2.33. The first-order chi connectivity index (χ1) is 8.71. The summed E-state index contributed by atoms with van der Waals surface area (Å²) >= 11 is 1.81. The number of nitrogens with zero attached hydrogens (tertiary/aromatic N) is 1. The van der Waals surface area contributed by atoms with Crippen LogP contribution in [-0.4, -0.2) is 23.6 Å². The molecule has 2 rings (SSSR count). The van der Waals surface area contributed by atoms with Gasteiger partial charge in [-0.25, -0.2) is 0 Å². The van der Waals surface area contributed by atoms with Gasteiger partial charge in [0.25, 0.3) is 0 Å². The Bertz CT molecular complexity index is 424. The second kappa shape index (κ2) is 5.65. The van der Waals surface area contributed by atoms with Crippen LogP contribution in [0.15, 0.2) is 29.3 Å². The number of thioether (sulfide) groups is 1. The lowest BCUT2D eigenvalue weighted by molar-refractivity contribution is 0.415. The maximum absolute atomic E-state index is 5.14. The molecule has 0 fully saturated rings. The number of hydrogen-bond donors (Lipinski definition) is 1. The summed E-state index contributed by atoms with van der Waals surface area (Å²) in [4.78, 5) is 4.83. The van der Waals surface area contributed by atoms with Crippen LogP contribution in [0.1, 0.15) is 26.7 Å². The summed E-state index contributed by atoms with van der Waals surface area (Å²) in [5, 5.41) is 4.40. The molecule has 1 N–H and O–H groups in total.